The third-order valence-electron chi connectivity index (χ3n) is 4.24. The van der Waals surface area contributed by atoms with Gasteiger partial charge in [-0.2, -0.15) is 0 Å². The second-order valence-corrected chi connectivity index (χ2v) is 8.42. The van der Waals surface area contributed by atoms with Gasteiger partial charge in [-0.1, -0.05) is 67.5 Å². The Labute approximate surface area is 173 Å². The summed E-state index contributed by atoms with van der Waals surface area (Å²) in [5, 5.41) is 11.9. The fourth-order valence-corrected chi connectivity index (χ4v) is 3.70. The van der Waals surface area contributed by atoms with Gasteiger partial charge in [-0.15, -0.1) is 10.2 Å². The largest absolute Gasteiger partial charge is 0.335 e. The van der Waals surface area contributed by atoms with Crippen molar-refractivity contribution in [1.82, 2.24) is 14.9 Å². The quantitative estimate of drug-likeness (QED) is 0.455. The van der Waals surface area contributed by atoms with Crippen LogP contribution >= 0.6 is 23.4 Å². The maximum Gasteiger partial charge on any atom is 0.237 e. The molecule has 0 unspecified atom stereocenters. The normalized spacial score (nSPS) is 12.2. The van der Waals surface area contributed by atoms with E-state index in [1.165, 1.54) is 16.4 Å². The van der Waals surface area contributed by atoms with Gasteiger partial charge < -0.3 is 11.2 Å². The van der Waals surface area contributed by atoms with Crippen molar-refractivity contribution in [3.63, 3.8) is 0 Å². The van der Waals surface area contributed by atoms with Gasteiger partial charge >= 0.3 is 0 Å². The van der Waals surface area contributed by atoms with E-state index in [0.29, 0.717) is 21.9 Å². The number of thioether (sulfide) groups is 1. The Morgan fingerprint density at radius 2 is 1.89 bits per heavy atom. The smallest absolute Gasteiger partial charge is 0.237 e. The summed E-state index contributed by atoms with van der Waals surface area (Å²) in [6.07, 6.45) is 0. The predicted octanol–water partition coefficient (Wildman–Crippen LogP) is 4.56. The molecule has 0 radical (unpaired) electrons. The lowest BCUT2D eigenvalue weighted by Crippen LogP contribution is -2.24. The summed E-state index contributed by atoms with van der Waals surface area (Å²) in [7, 11) is 0. The molecule has 0 spiro atoms. The van der Waals surface area contributed by atoms with Crippen LogP contribution in [0.25, 0.3) is 11.4 Å². The number of halogens is 1. The summed E-state index contributed by atoms with van der Waals surface area (Å²) in [6, 6.07) is 15.0. The van der Waals surface area contributed by atoms with Gasteiger partial charge in [-0.05, 0) is 36.6 Å². The van der Waals surface area contributed by atoms with Crippen molar-refractivity contribution in [2.24, 2.45) is 0 Å². The molecule has 0 fully saturated rings. The molecule has 3 aromatic rings. The molecular formula is C20H22ClN5OS. The van der Waals surface area contributed by atoms with E-state index < -0.39 is 5.25 Å². The van der Waals surface area contributed by atoms with E-state index in [0.717, 1.165) is 16.8 Å². The summed E-state index contributed by atoms with van der Waals surface area (Å²) >= 11 is 7.29. The minimum absolute atomic E-state index is 0.120. The molecule has 8 heteroatoms. The predicted molar refractivity (Wildman–Crippen MR) is 115 cm³/mol. The van der Waals surface area contributed by atoms with Crippen LogP contribution in [0.1, 0.15) is 32.3 Å². The third-order valence-corrected chi connectivity index (χ3v) is 5.53. The van der Waals surface area contributed by atoms with E-state index in [2.05, 4.69) is 29.4 Å². The number of nitrogen functional groups attached to an aromatic ring is 1. The Kier molecular flexibility index (Phi) is 6.26. The Morgan fingerprint density at radius 1 is 1.14 bits per heavy atom. The molecule has 3 rings (SSSR count). The summed E-state index contributed by atoms with van der Waals surface area (Å²) in [5.41, 5.74) is 2.68. The number of carbonyl (C=O) groups is 1. The molecule has 2 aromatic carbocycles. The summed E-state index contributed by atoms with van der Waals surface area (Å²) in [4.78, 5) is 12.7. The minimum Gasteiger partial charge on any atom is -0.335 e. The number of nitrogens with two attached hydrogens (primary N) is 1. The lowest BCUT2D eigenvalue weighted by Gasteiger charge is -2.16. The molecule has 1 aromatic heterocycles. The number of rotatable bonds is 6. The van der Waals surface area contributed by atoms with Crippen LogP contribution in [0.3, 0.4) is 0 Å². The molecule has 0 aliphatic heterocycles. The molecule has 1 atom stereocenters. The maximum absolute atomic E-state index is 12.7. The second-order valence-electron chi connectivity index (χ2n) is 6.68. The van der Waals surface area contributed by atoms with E-state index in [-0.39, 0.29) is 5.91 Å². The molecule has 6 nitrogen and oxygen atoms in total. The Bertz CT molecular complexity index is 988. The number of hydrogen-bond acceptors (Lipinski definition) is 5. The standard InChI is InChI=1S/C20H22ClN5OS/c1-12(2)16-9-4-5-10-17(16)23-19(27)13(3)28-20-25-24-18(26(20)22)14-7-6-8-15(21)11-14/h4-13H,22H2,1-3H3,(H,23,27)/t13-/m1/s1. The van der Waals surface area contributed by atoms with Crippen molar-refractivity contribution in [3.8, 4) is 11.4 Å². The van der Waals surface area contributed by atoms with Gasteiger partial charge in [0.2, 0.25) is 11.1 Å². The molecule has 1 heterocycles. The number of para-hydroxylation sites is 1. The van der Waals surface area contributed by atoms with Crippen LogP contribution in [-0.4, -0.2) is 26.0 Å². The van der Waals surface area contributed by atoms with Gasteiger partial charge in [0.25, 0.3) is 0 Å². The molecule has 0 saturated carbocycles. The first-order chi connectivity index (χ1) is 13.4. The number of aromatic nitrogens is 3. The van der Waals surface area contributed by atoms with Gasteiger partial charge in [0, 0.05) is 16.3 Å². The number of carbonyl (C=O) groups excluding carboxylic acids is 1. The topological polar surface area (TPSA) is 85.8 Å². The van der Waals surface area contributed by atoms with Crippen molar-refractivity contribution < 1.29 is 4.79 Å². The number of hydrogen-bond donors (Lipinski definition) is 2. The van der Waals surface area contributed by atoms with E-state index >= 15 is 0 Å². The van der Waals surface area contributed by atoms with Gasteiger partial charge in [-0.25, -0.2) is 4.68 Å². The van der Waals surface area contributed by atoms with E-state index in [1.807, 2.05) is 43.3 Å². The summed E-state index contributed by atoms with van der Waals surface area (Å²) in [5.74, 6) is 6.83. The zero-order chi connectivity index (χ0) is 20.3. The monoisotopic (exact) mass is 415 g/mol. The number of amides is 1. The van der Waals surface area contributed by atoms with Crippen LogP contribution in [0.2, 0.25) is 5.02 Å². The van der Waals surface area contributed by atoms with E-state index in [4.69, 9.17) is 17.4 Å². The Balaban J connectivity index is 1.73. The van der Waals surface area contributed by atoms with Crippen LogP contribution in [0.4, 0.5) is 5.69 Å². The maximum atomic E-state index is 12.7. The van der Waals surface area contributed by atoms with Gasteiger partial charge in [0.1, 0.15) is 0 Å². The van der Waals surface area contributed by atoms with Crippen molar-refractivity contribution in [2.75, 3.05) is 11.2 Å². The summed E-state index contributed by atoms with van der Waals surface area (Å²) < 4.78 is 1.38. The van der Waals surface area contributed by atoms with Crippen molar-refractivity contribution in [3.05, 3.63) is 59.1 Å². The lowest BCUT2D eigenvalue weighted by atomic mass is 10.0. The molecule has 0 bridgehead atoms. The molecule has 0 aliphatic rings. The van der Waals surface area contributed by atoms with Gasteiger partial charge in [-0.3, -0.25) is 4.79 Å². The molecule has 1 amide bonds. The second kappa shape index (κ2) is 8.67. The fraction of sp³-hybridized carbons (Fsp3) is 0.250. The molecule has 28 heavy (non-hydrogen) atoms. The molecule has 0 aliphatic carbocycles. The zero-order valence-electron chi connectivity index (χ0n) is 15.9. The summed E-state index contributed by atoms with van der Waals surface area (Å²) in [6.45, 7) is 6.00. The van der Waals surface area contributed by atoms with Crippen LogP contribution in [0.5, 0.6) is 0 Å². The number of nitrogens with zero attached hydrogens (tertiary/aromatic N) is 3. The number of benzene rings is 2. The van der Waals surface area contributed by atoms with Crippen LogP contribution in [0.15, 0.2) is 53.7 Å². The average molecular weight is 416 g/mol. The van der Waals surface area contributed by atoms with Crippen LogP contribution < -0.4 is 11.2 Å². The van der Waals surface area contributed by atoms with E-state index in [9.17, 15) is 4.79 Å². The number of nitrogens with one attached hydrogen (secondary N) is 1. The molecule has 146 valence electrons. The minimum atomic E-state index is -0.404. The van der Waals surface area contributed by atoms with Gasteiger partial charge in [0.15, 0.2) is 5.82 Å². The molecule has 0 saturated heterocycles. The highest BCUT2D eigenvalue weighted by Crippen LogP contribution is 2.28. The van der Waals surface area contributed by atoms with Crippen molar-refractivity contribution >= 4 is 35.0 Å². The zero-order valence-corrected chi connectivity index (χ0v) is 17.5. The van der Waals surface area contributed by atoms with Crippen LogP contribution in [-0.2, 0) is 4.79 Å². The molecule has 3 N–H and O–H groups in total. The van der Waals surface area contributed by atoms with Crippen LogP contribution in [0, 0.1) is 0 Å². The number of anilines is 1. The lowest BCUT2D eigenvalue weighted by molar-refractivity contribution is -0.115. The highest BCUT2D eigenvalue weighted by Gasteiger charge is 2.21. The first-order valence-corrected chi connectivity index (χ1v) is 10.2. The fourth-order valence-electron chi connectivity index (χ4n) is 2.74. The Hall–Kier alpha value is -2.51. The highest BCUT2D eigenvalue weighted by molar-refractivity contribution is 8.00. The Morgan fingerprint density at radius 3 is 2.61 bits per heavy atom. The van der Waals surface area contributed by atoms with Crippen molar-refractivity contribution in [1.29, 1.82) is 0 Å². The van der Waals surface area contributed by atoms with Crippen molar-refractivity contribution in [2.45, 2.75) is 37.1 Å². The first-order valence-electron chi connectivity index (χ1n) is 8.89. The third kappa shape index (κ3) is 4.48. The van der Waals surface area contributed by atoms with Gasteiger partial charge in [0.05, 0.1) is 5.25 Å². The highest BCUT2D eigenvalue weighted by atomic mass is 35.5. The average Bonchev–Trinajstić information content (AvgIpc) is 3.02. The van der Waals surface area contributed by atoms with E-state index in [1.54, 1.807) is 12.1 Å². The molecular weight excluding hydrogens is 394 g/mol. The first kappa shape index (κ1) is 20.2. The SMILES string of the molecule is CC(C)c1ccccc1NC(=O)[C@@H](C)Sc1nnc(-c2cccc(Cl)c2)n1N.